The van der Waals surface area contributed by atoms with E-state index in [-0.39, 0.29) is 5.41 Å². The maximum Gasteiger partial charge on any atom is 0.0610 e. The molecule has 0 aromatic heterocycles. The van der Waals surface area contributed by atoms with Gasteiger partial charge in [-0.15, -0.1) is 0 Å². The topological polar surface area (TPSA) is 21.3 Å². The van der Waals surface area contributed by atoms with E-state index in [9.17, 15) is 0 Å². The Balaban J connectivity index is 1.75. The van der Waals surface area contributed by atoms with Gasteiger partial charge in [0.15, 0.2) is 0 Å². The molecule has 0 amide bonds. The van der Waals surface area contributed by atoms with Crippen molar-refractivity contribution in [3.8, 4) is 0 Å². The molecule has 1 unspecified atom stereocenters. The Kier molecular flexibility index (Phi) is 7.79. The summed E-state index contributed by atoms with van der Waals surface area (Å²) in [6.07, 6.45) is 3.95. The van der Waals surface area contributed by atoms with Gasteiger partial charge in [0, 0.05) is 17.0 Å². The van der Waals surface area contributed by atoms with E-state index in [1.165, 1.54) is 11.1 Å². The van der Waals surface area contributed by atoms with Crippen molar-refractivity contribution in [2.75, 3.05) is 6.54 Å². The summed E-state index contributed by atoms with van der Waals surface area (Å²) in [4.78, 5) is 0. The summed E-state index contributed by atoms with van der Waals surface area (Å²) in [5, 5.41) is 4.46. The first-order valence-corrected chi connectivity index (χ1v) is 11.4. The summed E-state index contributed by atoms with van der Waals surface area (Å²) >= 11 is 6.01. The largest absolute Gasteiger partial charge is 0.374 e. The highest BCUT2D eigenvalue weighted by Crippen LogP contribution is 2.45. The summed E-state index contributed by atoms with van der Waals surface area (Å²) in [5.74, 6) is 1.06. The lowest BCUT2D eigenvalue weighted by atomic mass is 9.66. The monoisotopic (exact) mass is 413 g/mol. The number of halogens is 1. The van der Waals surface area contributed by atoms with Crippen molar-refractivity contribution in [3.63, 3.8) is 0 Å². The predicted octanol–water partition coefficient (Wildman–Crippen LogP) is 6.62. The number of hydrogen-bond acceptors (Lipinski definition) is 2. The number of nitrogens with one attached hydrogen (secondary N) is 1. The van der Waals surface area contributed by atoms with E-state index in [0.717, 1.165) is 37.4 Å². The highest BCUT2D eigenvalue weighted by atomic mass is 35.5. The van der Waals surface area contributed by atoms with E-state index in [4.69, 9.17) is 16.3 Å². The van der Waals surface area contributed by atoms with Crippen molar-refractivity contribution >= 4 is 11.6 Å². The molecule has 2 aromatic carbocycles. The SMILES string of the molecule is CC(C)[C@@H]1CC(CCNCc2ccc(Cl)cc2)(c2ccccc2)C[C@H](C(C)C)O1. The molecular weight excluding hydrogens is 378 g/mol. The highest BCUT2D eigenvalue weighted by molar-refractivity contribution is 6.30. The van der Waals surface area contributed by atoms with Gasteiger partial charge in [-0.1, -0.05) is 81.8 Å². The van der Waals surface area contributed by atoms with Gasteiger partial charge < -0.3 is 10.1 Å². The van der Waals surface area contributed by atoms with Gasteiger partial charge >= 0.3 is 0 Å². The van der Waals surface area contributed by atoms with Crippen LogP contribution in [-0.4, -0.2) is 18.8 Å². The zero-order valence-electron chi connectivity index (χ0n) is 18.3. The molecule has 2 aromatic rings. The third-order valence-corrected chi connectivity index (χ3v) is 6.68. The molecule has 1 N–H and O–H groups in total. The van der Waals surface area contributed by atoms with Crippen LogP contribution in [-0.2, 0) is 16.7 Å². The van der Waals surface area contributed by atoms with Crippen molar-refractivity contribution in [1.29, 1.82) is 0 Å². The Labute approximate surface area is 182 Å². The van der Waals surface area contributed by atoms with E-state index in [1.807, 2.05) is 12.1 Å². The van der Waals surface area contributed by atoms with Crippen LogP contribution < -0.4 is 5.32 Å². The Morgan fingerprint density at radius 2 is 1.52 bits per heavy atom. The van der Waals surface area contributed by atoms with Gasteiger partial charge in [-0.3, -0.25) is 0 Å². The molecule has 29 heavy (non-hydrogen) atoms. The van der Waals surface area contributed by atoms with E-state index in [2.05, 4.69) is 75.5 Å². The maximum absolute atomic E-state index is 6.54. The lowest BCUT2D eigenvalue weighted by Gasteiger charge is -2.48. The third-order valence-electron chi connectivity index (χ3n) is 6.43. The third kappa shape index (κ3) is 5.84. The van der Waals surface area contributed by atoms with Crippen LogP contribution in [0.3, 0.4) is 0 Å². The Morgan fingerprint density at radius 1 is 0.931 bits per heavy atom. The molecule has 1 aliphatic rings. The molecule has 3 rings (SSSR count). The zero-order chi connectivity index (χ0) is 20.9. The standard InChI is InChI=1S/C26H36ClNO/c1-19(2)24-16-26(17-25(29-24)20(3)4,22-8-6-5-7-9-22)14-15-28-18-21-10-12-23(27)13-11-21/h5-13,19-20,24-25,28H,14-18H2,1-4H3/t24-,25+,26?. The number of hydrogen-bond donors (Lipinski definition) is 1. The minimum absolute atomic E-state index is 0.163. The van der Waals surface area contributed by atoms with Crippen LogP contribution in [0.5, 0.6) is 0 Å². The van der Waals surface area contributed by atoms with Crippen LogP contribution in [0.1, 0.15) is 58.1 Å². The summed E-state index contributed by atoms with van der Waals surface area (Å²) in [6.45, 7) is 11.0. The first-order chi connectivity index (χ1) is 13.9. The molecule has 158 valence electrons. The second-order valence-corrected chi connectivity index (χ2v) is 9.75. The van der Waals surface area contributed by atoms with E-state index < -0.39 is 0 Å². The normalized spacial score (nSPS) is 24.9. The van der Waals surface area contributed by atoms with Gasteiger partial charge in [-0.25, -0.2) is 0 Å². The van der Waals surface area contributed by atoms with Gasteiger partial charge in [-0.2, -0.15) is 0 Å². The van der Waals surface area contributed by atoms with Crippen LogP contribution in [0.15, 0.2) is 54.6 Å². The first-order valence-electron chi connectivity index (χ1n) is 11.1. The molecule has 0 spiro atoms. The molecule has 1 aliphatic heterocycles. The molecule has 1 heterocycles. The number of benzene rings is 2. The van der Waals surface area contributed by atoms with Crippen molar-refractivity contribution in [2.24, 2.45) is 11.8 Å². The molecule has 0 aliphatic carbocycles. The summed E-state index contributed by atoms with van der Waals surface area (Å²) in [5.41, 5.74) is 2.90. The van der Waals surface area contributed by atoms with Crippen LogP contribution in [0, 0.1) is 11.8 Å². The van der Waals surface area contributed by atoms with Crippen LogP contribution in [0.25, 0.3) is 0 Å². The van der Waals surface area contributed by atoms with Gasteiger partial charge in [0.1, 0.15) is 0 Å². The van der Waals surface area contributed by atoms with Gasteiger partial charge in [0.25, 0.3) is 0 Å². The Bertz CT molecular complexity index is 725. The van der Waals surface area contributed by atoms with Crippen molar-refractivity contribution in [1.82, 2.24) is 5.32 Å². The van der Waals surface area contributed by atoms with Crippen molar-refractivity contribution < 1.29 is 4.74 Å². The molecule has 1 fully saturated rings. The minimum Gasteiger partial charge on any atom is -0.374 e. The molecule has 0 radical (unpaired) electrons. The predicted molar refractivity (Wildman–Crippen MR) is 123 cm³/mol. The lowest BCUT2D eigenvalue weighted by Crippen LogP contribution is -2.48. The second-order valence-electron chi connectivity index (χ2n) is 9.31. The second kappa shape index (κ2) is 10.1. The zero-order valence-corrected chi connectivity index (χ0v) is 19.1. The van der Waals surface area contributed by atoms with E-state index >= 15 is 0 Å². The summed E-state index contributed by atoms with van der Waals surface area (Å²) < 4.78 is 6.54. The van der Waals surface area contributed by atoms with Crippen LogP contribution in [0.4, 0.5) is 0 Å². The maximum atomic E-state index is 6.54. The van der Waals surface area contributed by atoms with Crippen molar-refractivity contribution in [2.45, 2.75) is 71.1 Å². The van der Waals surface area contributed by atoms with E-state index in [0.29, 0.717) is 24.0 Å². The smallest absolute Gasteiger partial charge is 0.0610 e. The summed E-state index contributed by atoms with van der Waals surface area (Å²) in [7, 11) is 0. The van der Waals surface area contributed by atoms with Crippen molar-refractivity contribution in [3.05, 3.63) is 70.7 Å². The number of rotatable bonds is 8. The highest BCUT2D eigenvalue weighted by Gasteiger charge is 2.43. The number of ether oxygens (including phenoxy) is 1. The van der Waals surface area contributed by atoms with Gasteiger partial charge in [-0.05, 0) is 60.9 Å². The molecule has 1 saturated heterocycles. The summed E-state index contributed by atoms with van der Waals surface area (Å²) in [6, 6.07) is 19.2. The fourth-order valence-electron chi connectivity index (χ4n) is 4.50. The Hall–Kier alpha value is -1.35. The van der Waals surface area contributed by atoms with E-state index in [1.54, 1.807) is 0 Å². The average molecular weight is 414 g/mol. The molecule has 3 heteroatoms. The van der Waals surface area contributed by atoms with Gasteiger partial charge in [0.05, 0.1) is 12.2 Å². The van der Waals surface area contributed by atoms with Crippen LogP contribution in [0.2, 0.25) is 5.02 Å². The fraction of sp³-hybridized carbons (Fsp3) is 0.538. The minimum atomic E-state index is 0.163. The lowest BCUT2D eigenvalue weighted by molar-refractivity contribution is -0.118. The molecule has 0 bridgehead atoms. The molecular formula is C26H36ClNO. The average Bonchev–Trinajstić information content (AvgIpc) is 2.73. The molecule has 3 atom stereocenters. The molecule has 0 saturated carbocycles. The molecule has 2 nitrogen and oxygen atoms in total. The fourth-order valence-corrected chi connectivity index (χ4v) is 4.62. The first kappa shape index (κ1) is 22.3. The van der Waals surface area contributed by atoms with Gasteiger partial charge in [0.2, 0.25) is 0 Å². The quantitative estimate of drug-likeness (QED) is 0.491. The Morgan fingerprint density at radius 3 is 2.07 bits per heavy atom. The van der Waals surface area contributed by atoms with Crippen LogP contribution >= 0.6 is 11.6 Å².